The summed E-state index contributed by atoms with van der Waals surface area (Å²) in [7, 11) is -3.92. The van der Waals surface area contributed by atoms with Crippen LogP contribution < -0.4 is 4.72 Å². The predicted octanol–water partition coefficient (Wildman–Crippen LogP) is 6.44. The molecule has 1 N–H and O–H groups in total. The Labute approximate surface area is 208 Å². The first-order valence-electron chi connectivity index (χ1n) is 10.8. The molecule has 4 aromatic rings. The number of halogens is 1. The van der Waals surface area contributed by atoms with Crippen molar-refractivity contribution in [3.63, 3.8) is 0 Å². The summed E-state index contributed by atoms with van der Waals surface area (Å²) in [6.45, 7) is 1.90. The summed E-state index contributed by atoms with van der Waals surface area (Å²) in [6, 6.07) is 31.5. The lowest BCUT2D eigenvalue weighted by Gasteiger charge is -2.28. The van der Waals surface area contributed by atoms with Gasteiger partial charge in [0.2, 0.25) is 10.0 Å². The Morgan fingerprint density at radius 1 is 0.735 bits per heavy atom. The number of carbonyl (C=O) groups is 1. The van der Waals surface area contributed by atoms with Crippen LogP contribution in [0.1, 0.15) is 39.0 Å². The number of ketones is 1. The van der Waals surface area contributed by atoms with Crippen molar-refractivity contribution >= 4 is 31.7 Å². The van der Waals surface area contributed by atoms with Gasteiger partial charge in [-0.25, -0.2) is 13.1 Å². The molecule has 2 atom stereocenters. The number of carbonyl (C=O) groups excluding carboxylic acids is 1. The molecule has 0 aromatic heterocycles. The molecule has 0 unspecified atom stereocenters. The van der Waals surface area contributed by atoms with Crippen molar-refractivity contribution in [1.82, 2.24) is 4.72 Å². The minimum atomic E-state index is -3.92. The maximum absolute atomic E-state index is 13.8. The molecule has 0 saturated carbocycles. The number of Topliss-reactive ketones (excluding diaryl/α,β-unsaturated/α-hetero) is 1. The van der Waals surface area contributed by atoms with Crippen molar-refractivity contribution in [2.75, 3.05) is 0 Å². The molecule has 172 valence electrons. The number of benzene rings is 4. The van der Waals surface area contributed by atoms with Gasteiger partial charge in [0.1, 0.15) is 0 Å². The zero-order chi connectivity index (χ0) is 24.1. The van der Waals surface area contributed by atoms with Crippen LogP contribution in [-0.4, -0.2) is 14.2 Å². The monoisotopic (exact) mass is 533 g/mol. The molecule has 4 nitrogen and oxygen atoms in total. The van der Waals surface area contributed by atoms with E-state index in [1.807, 2.05) is 67.6 Å². The second-order valence-electron chi connectivity index (χ2n) is 8.08. The normalized spacial score (nSPS) is 13.2. The Hall–Kier alpha value is -3.06. The Morgan fingerprint density at radius 2 is 1.29 bits per heavy atom. The van der Waals surface area contributed by atoms with Crippen LogP contribution in [0.25, 0.3) is 0 Å². The minimum Gasteiger partial charge on any atom is -0.293 e. The number of rotatable bonds is 8. The smallest absolute Gasteiger partial charge is 0.241 e. The van der Waals surface area contributed by atoms with Crippen LogP contribution in [0.3, 0.4) is 0 Å². The van der Waals surface area contributed by atoms with Gasteiger partial charge < -0.3 is 0 Å². The summed E-state index contributed by atoms with van der Waals surface area (Å²) in [5, 5.41) is 0. The molecule has 0 saturated heterocycles. The zero-order valence-corrected chi connectivity index (χ0v) is 21.0. The van der Waals surface area contributed by atoms with E-state index in [1.54, 1.807) is 48.5 Å². The molecule has 0 heterocycles. The third kappa shape index (κ3) is 5.53. The third-order valence-corrected chi connectivity index (χ3v) is 7.66. The van der Waals surface area contributed by atoms with Crippen molar-refractivity contribution in [2.24, 2.45) is 0 Å². The van der Waals surface area contributed by atoms with Gasteiger partial charge in [-0.05, 0) is 42.3 Å². The Bertz CT molecular complexity index is 1360. The van der Waals surface area contributed by atoms with Crippen LogP contribution in [0.5, 0.6) is 0 Å². The van der Waals surface area contributed by atoms with Gasteiger partial charge >= 0.3 is 0 Å². The van der Waals surface area contributed by atoms with Crippen LogP contribution in [0, 0.1) is 6.92 Å². The van der Waals surface area contributed by atoms with Crippen LogP contribution in [0.15, 0.2) is 119 Å². The molecule has 6 heteroatoms. The van der Waals surface area contributed by atoms with Gasteiger partial charge in [-0.1, -0.05) is 106 Å². The van der Waals surface area contributed by atoms with Crippen LogP contribution in [0.2, 0.25) is 0 Å². The van der Waals surface area contributed by atoms with E-state index >= 15 is 0 Å². The molecule has 0 aliphatic rings. The zero-order valence-electron chi connectivity index (χ0n) is 18.6. The summed E-state index contributed by atoms with van der Waals surface area (Å²) in [4.78, 5) is 14.0. The maximum atomic E-state index is 13.8. The first-order valence-corrected chi connectivity index (χ1v) is 13.1. The lowest BCUT2D eigenvalue weighted by atomic mass is 9.82. The molecule has 0 spiro atoms. The average molecular weight is 534 g/mol. The molecule has 0 bridgehead atoms. The van der Waals surface area contributed by atoms with Crippen LogP contribution >= 0.6 is 15.9 Å². The topological polar surface area (TPSA) is 63.2 Å². The molecular formula is C28H24BrNO3S. The van der Waals surface area contributed by atoms with Gasteiger partial charge in [0.05, 0.1) is 16.9 Å². The molecule has 0 aliphatic heterocycles. The number of nitrogens with one attached hydrogen (secondary N) is 1. The standard InChI is InChI=1S/C28H24BrNO3S/c1-20-12-18-25(19-13-20)34(32,33)30-27(22-14-16-24(29)17-15-22)26(21-8-4-2-5-9-21)28(31)23-10-6-3-7-11-23/h2-19,26-27,30H,1H3/t26-,27+/m0/s1. The van der Waals surface area contributed by atoms with Gasteiger partial charge in [0.25, 0.3) is 0 Å². The second-order valence-corrected chi connectivity index (χ2v) is 10.7. The third-order valence-electron chi connectivity index (χ3n) is 5.68. The second kappa shape index (κ2) is 10.5. The molecule has 4 aromatic carbocycles. The summed E-state index contributed by atoms with van der Waals surface area (Å²) < 4.78 is 30.6. The SMILES string of the molecule is Cc1ccc(S(=O)(=O)N[C@H](c2ccc(Br)cc2)[C@@H](C(=O)c2ccccc2)c2ccccc2)cc1. The van der Waals surface area contributed by atoms with Crippen molar-refractivity contribution in [3.8, 4) is 0 Å². The number of hydrogen-bond donors (Lipinski definition) is 1. The summed E-state index contributed by atoms with van der Waals surface area (Å²) in [5.74, 6) is -0.934. The Kier molecular flexibility index (Phi) is 7.41. The number of sulfonamides is 1. The van der Waals surface area contributed by atoms with E-state index < -0.39 is 22.0 Å². The van der Waals surface area contributed by atoms with Gasteiger partial charge in [0.15, 0.2) is 5.78 Å². The Balaban J connectivity index is 1.86. The summed E-state index contributed by atoms with van der Waals surface area (Å²) in [5.41, 5.74) is 2.91. The fourth-order valence-electron chi connectivity index (χ4n) is 3.89. The minimum absolute atomic E-state index is 0.152. The first kappa shape index (κ1) is 24.1. The van der Waals surface area contributed by atoms with E-state index in [9.17, 15) is 13.2 Å². The van der Waals surface area contributed by atoms with Gasteiger partial charge in [-0.2, -0.15) is 0 Å². The quantitative estimate of drug-likeness (QED) is 0.265. The fourth-order valence-corrected chi connectivity index (χ4v) is 5.39. The van der Waals surface area contributed by atoms with E-state index in [0.29, 0.717) is 11.1 Å². The largest absolute Gasteiger partial charge is 0.293 e. The average Bonchev–Trinajstić information content (AvgIpc) is 2.85. The van der Waals surface area contributed by atoms with Crippen LogP contribution in [-0.2, 0) is 10.0 Å². The highest BCUT2D eigenvalue weighted by Crippen LogP contribution is 2.36. The van der Waals surface area contributed by atoms with E-state index in [2.05, 4.69) is 20.7 Å². The van der Waals surface area contributed by atoms with Crippen molar-refractivity contribution in [1.29, 1.82) is 0 Å². The lowest BCUT2D eigenvalue weighted by Crippen LogP contribution is -2.36. The van der Waals surface area contributed by atoms with Crippen molar-refractivity contribution in [2.45, 2.75) is 23.8 Å². The predicted molar refractivity (Wildman–Crippen MR) is 138 cm³/mol. The molecular weight excluding hydrogens is 510 g/mol. The maximum Gasteiger partial charge on any atom is 0.241 e. The van der Waals surface area contributed by atoms with E-state index in [1.165, 1.54) is 0 Å². The number of hydrogen-bond acceptors (Lipinski definition) is 3. The fraction of sp³-hybridized carbons (Fsp3) is 0.107. The highest BCUT2D eigenvalue weighted by atomic mass is 79.9. The van der Waals surface area contributed by atoms with Gasteiger partial charge in [0, 0.05) is 10.0 Å². The lowest BCUT2D eigenvalue weighted by molar-refractivity contribution is 0.0944. The van der Waals surface area contributed by atoms with Crippen molar-refractivity contribution < 1.29 is 13.2 Å². The molecule has 4 rings (SSSR count). The highest BCUT2D eigenvalue weighted by Gasteiger charge is 2.35. The first-order chi connectivity index (χ1) is 16.3. The summed E-state index contributed by atoms with van der Waals surface area (Å²) >= 11 is 3.44. The van der Waals surface area contributed by atoms with Crippen LogP contribution in [0.4, 0.5) is 0 Å². The molecule has 0 amide bonds. The molecule has 34 heavy (non-hydrogen) atoms. The van der Waals surface area contributed by atoms with E-state index in [0.717, 1.165) is 15.6 Å². The van der Waals surface area contributed by atoms with E-state index in [-0.39, 0.29) is 10.7 Å². The molecule has 0 aliphatic carbocycles. The van der Waals surface area contributed by atoms with Gasteiger partial charge in [-0.3, -0.25) is 4.79 Å². The van der Waals surface area contributed by atoms with Crippen molar-refractivity contribution in [3.05, 3.63) is 136 Å². The number of aryl methyl sites for hydroxylation is 1. The summed E-state index contributed by atoms with van der Waals surface area (Å²) in [6.07, 6.45) is 0. The highest BCUT2D eigenvalue weighted by molar-refractivity contribution is 9.10. The molecule has 0 fully saturated rings. The van der Waals surface area contributed by atoms with Gasteiger partial charge in [-0.15, -0.1) is 0 Å². The van der Waals surface area contributed by atoms with E-state index in [4.69, 9.17) is 0 Å². The molecule has 0 radical (unpaired) electrons. The Morgan fingerprint density at radius 3 is 1.88 bits per heavy atom.